The summed E-state index contributed by atoms with van der Waals surface area (Å²) in [4.78, 5) is 16.3. The largest absolute Gasteiger partial charge is 0.391 e. The maximum atomic E-state index is 12.8. The maximum absolute atomic E-state index is 12.8. The first kappa shape index (κ1) is 16.5. The number of rotatable bonds is 3. The molecule has 1 aliphatic heterocycles. The fraction of sp³-hybridized carbons (Fsp3) is 0.929. The van der Waals surface area contributed by atoms with E-state index < -0.39 is 18.0 Å². The van der Waals surface area contributed by atoms with Crippen LogP contribution in [0.1, 0.15) is 25.7 Å². The van der Waals surface area contributed by atoms with Gasteiger partial charge in [-0.1, -0.05) is 6.42 Å². The van der Waals surface area contributed by atoms with Crippen molar-refractivity contribution in [2.24, 2.45) is 17.6 Å². The molecule has 2 N–H and O–H groups in total. The van der Waals surface area contributed by atoms with Gasteiger partial charge in [0.15, 0.2) is 0 Å². The van der Waals surface area contributed by atoms with Crippen molar-refractivity contribution in [3.8, 4) is 0 Å². The summed E-state index contributed by atoms with van der Waals surface area (Å²) in [5, 5.41) is 0. The van der Waals surface area contributed by atoms with E-state index in [0.717, 1.165) is 19.6 Å². The lowest BCUT2D eigenvalue weighted by molar-refractivity contribution is -0.187. The number of carbonyl (C=O) groups is 1. The molecule has 1 heterocycles. The molecule has 2 fully saturated rings. The molecule has 1 saturated carbocycles. The van der Waals surface area contributed by atoms with Crippen LogP contribution in [0.15, 0.2) is 0 Å². The molecule has 7 heteroatoms. The van der Waals surface area contributed by atoms with Gasteiger partial charge < -0.3 is 10.6 Å². The molecule has 122 valence electrons. The summed E-state index contributed by atoms with van der Waals surface area (Å²) in [7, 11) is 0. The van der Waals surface area contributed by atoms with E-state index in [-0.39, 0.29) is 18.7 Å². The maximum Gasteiger partial charge on any atom is 0.391 e. The molecular weight excluding hydrogens is 283 g/mol. The SMILES string of the molecule is NCCN1CCN(C(=O)C2CCCC(C(F)(F)F)C2)CC1. The Hall–Kier alpha value is -0.820. The molecule has 0 aromatic heterocycles. The Morgan fingerprint density at radius 2 is 1.81 bits per heavy atom. The third kappa shape index (κ3) is 4.32. The van der Waals surface area contributed by atoms with E-state index in [9.17, 15) is 18.0 Å². The zero-order chi connectivity index (χ0) is 15.5. The lowest BCUT2D eigenvalue weighted by Gasteiger charge is -2.38. The predicted molar refractivity (Wildman–Crippen MR) is 73.6 cm³/mol. The molecule has 1 amide bonds. The molecule has 1 saturated heterocycles. The van der Waals surface area contributed by atoms with Crippen LogP contribution >= 0.6 is 0 Å². The molecule has 0 aromatic rings. The number of piperazine rings is 1. The molecular formula is C14H24F3N3O. The monoisotopic (exact) mass is 307 g/mol. The first-order chi connectivity index (χ1) is 9.91. The van der Waals surface area contributed by atoms with Crippen LogP contribution in [0.2, 0.25) is 0 Å². The van der Waals surface area contributed by atoms with E-state index in [0.29, 0.717) is 32.5 Å². The quantitative estimate of drug-likeness (QED) is 0.859. The standard InChI is InChI=1S/C14H24F3N3O/c15-14(16,17)12-3-1-2-11(10-12)13(21)20-8-6-19(5-4-18)7-9-20/h11-12H,1-10,18H2. The predicted octanol–water partition coefficient (Wildman–Crippen LogP) is 1.46. The van der Waals surface area contributed by atoms with Crippen molar-refractivity contribution < 1.29 is 18.0 Å². The van der Waals surface area contributed by atoms with Crippen molar-refractivity contribution in [1.82, 2.24) is 9.80 Å². The van der Waals surface area contributed by atoms with Gasteiger partial charge in [0.25, 0.3) is 0 Å². The molecule has 0 spiro atoms. The second-order valence-corrected chi connectivity index (χ2v) is 6.06. The lowest BCUT2D eigenvalue weighted by Crippen LogP contribution is -2.51. The first-order valence-corrected chi connectivity index (χ1v) is 7.69. The fourth-order valence-corrected chi connectivity index (χ4v) is 3.34. The van der Waals surface area contributed by atoms with Crippen molar-refractivity contribution >= 4 is 5.91 Å². The Labute approximate surface area is 123 Å². The highest BCUT2D eigenvalue weighted by molar-refractivity contribution is 5.79. The molecule has 2 aliphatic rings. The van der Waals surface area contributed by atoms with Crippen molar-refractivity contribution in [2.45, 2.75) is 31.9 Å². The number of halogens is 3. The first-order valence-electron chi connectivity index (χ1n) is 7.69. The fourth-order valence-electron chi connectivity index (χ4n) is 3.34. The van der Waals surface area contributed by atoms with Gasteiger partial charge in [0.05, 0.1) is 5.92 Å². The van der Waals surface area contributed by atoms with Crippen molar-refractivity contribution in [1.29, 1.82) is 0 Å². The third-order valence-electron chi connectivity index (χ3n) is 4.62. The second kappa shape index (κ2) is 6.96. The van der Waals surface area contributed by atoms with Crippen LogP contribution in [-0.4, -0.2) is 61.2 Å². The Morgan fingerprint density at radius 1 is 1.14 bits per heavy atom. The minimum atomic E-state index is -4.17. The van der Waals surface area contributed by atoms with Crippen molar-refractivity contribution in [2.75, 3.05) is 39.3 Å². The number of nitrogens with zero attached hydrogens (tertiary/aromatic N) is 2. The average molecular weight is 307 g/mol. The summed E-state index contributed by atoms with van der Waals surface area (Å²) in [6.45, 7) is 4.13. The van der Waals surface area contributed by atoms with Gasteiger partial charge in [-0.3, -0.25) is 9.69 Å². The minimum Gasteiger partial charge on any atom is -0.340 e. The summed E-state index contributed by atoms with van der Waals surface area (Å²) in [5.41, 5.74) is 5.50. The van der Waals surface area contributed by atoms with Crippen LogP contribution in [0.25, 0.3) is 0 Å². The summed E-state index contributed by atoms with van der Waals surface area (Å²) < 4.78 is 38.4. The van der Waals surface area contributed by atoms with Gasteiger partial charge in [-0.25, -0.2) is 0 Å². The van der Waals surface area contributed by atoms with Crippen LogP contribution in [0.4, 0.5) is 13.2 Å². The third-order valence-corrected chi connectivity index (χ3v) is 4.62. The van der Waals surface area contributed by atoms with Gasteiger partial charge in [-0.05, 0) is 19.3 Å². The zero-order valence-electron chi connectivity index (χ0n) is 12.2. The molecule has 0 bridgehead atoms. The summed E-state index contributed by atoms with van der Waals surface area (Å²) >= 11 is 0. The van der Waals surface area contributed by atoms with Gasteiger partial charge in [0, 0.05) is 45.2 Å². The summed E-state index contributed by atoms with van der Waals surface area (Å²) in [5.74, 6) is -1.85. The van der Waals surface area contributed by atoms with Gasteiger partial charge >= 0.3 is 6.18 Å². The minimum absolute atomic E-state index is 0.0364. The van der Waals surface area contributed by atoms with E-state index in [2.05, 4.69) is 4.90 Å². The van der Waals surface area contributed by atoms with Crippen LogP contribution in [0.5, 0.6) is 0 Å². The number of hydrogen-bond donors (Lipinski definition) is 1. The zero-order valence-corrected chi connectivity index (χ0v) is 12.2. The van der Waals surface area contributed by atoms with E-state index in [1.807, 2.05) is 0 Å². The molecule has 1 aliphatic carbocycles. The highest BCUT2D eigenvalue weighted by Gasteiger charge is 2.44. The van der Waals surface area contributed by atoms with E-state index >= 15 is 0 Å². The Kier molecular flexibility index (Phi) is 5.48. The number of amides is 1. The normalized spacial score (nSPS) is 28.7. The number of carbonyl (C=O) groups excluding carboxylic acids is 1. The Bertz CT molecular complexity index is 354. The van der Waals surface area contributed by atoms with Crippen LogP contribution in [-0.2, 0) is 4.79 Å². The van der Waals surface area contributed by atoms with Gasteiger partial charge in [-0.2, -0.15) is 13.2 Å². The van der Waals surface area contributed by atoms with Crippen molar-refractivity contribution in [3.05, 3.63) is 0 Å². The molecule has 2 rings (SSSR count). The van der Waals surface area contributed by atoms with E-state index in [4.69, 9.17) is 5.73 Å². The van der Waals surface area contributed by atoms with Crippen molar-refractivity contribution in [3.63, 3.8) is 0 Å². The molecule has 2 unspecified atom stereocenters. The molecule has 0 radical (unpaired) electrons. The van der Waals surface area contributed by atoms with Gasteiger partial charge in [0.2, 0.25) is 5.91 Å². The molecule has 0 aromatic carbocycles. The lowest BCUT2D eigenvalue weighted by atomic mass is 9.80. The second-order valence-electron chi connectivity index (χ2n) is 6.06. The van der Waals surface area contributed by atoms with Gasteiger partial charge in [0.1, 0.15) is 0 Å². The van der Waals surface area contributed by atoms with Crippen LogP contribution in [0, 0.1) is 11.8 Å². The average Bonchev–Trinajstić information content (AvgIpc) is 2.47. The highest BCUT2D eigenvalue weighted by Crippen LogP contribution is 2.40. The topological polar surface area (TPSA) is 49.6 Å². The van der Waals surface area contributed by atoms with Gasteiger partial charge in [-0.15, -0.1) is 0 Å². The highest BCUT2D eigenvalue weighted by atomic mass is 19.4. The smallest absolute Gasteiger partial charge is 0.340 e. The summed E-state index contributed by atoms with van der Waals surface area (Å²) in [6.07, 6.45) is -2.95. The number of nitrogens with two attached hydrogens (primary N) is 1. The van der Waals surface area contributed by atoms with E-state index in [1.165, 1.54) is 0 Å². The van der Waals surface area contributed by atoms with Crippen LogP contribution in [0.3, 0.4) is 0 Å². The molecule has 2 atom stereocenters. The molecule has 4 nitrogen and oxygen atoms in total. The number of alkyl halides is 3. The Balaban J connectivity index is 1.86. The number of hydrogen-bond acceptors (Lipinski definition) is 3. The Morgan fingerprint density at radius 3 is 2.38 bits per heavy atom. The molecule has 21 heavy (non-hydrogen) atoms. The van der Waals surface area contributed by atoms with E-state index in [1.54, 1.807) is 4.90 Å². The summed E-state index contributed by atoms with van der Waals surface area (Å²) in [6, 6.07) is 0. The van der Waals surface area contributed by atoms with Crippen LogP contribution < -0.4 is 5.73 Å².